The molecular weight excluding hydrogens is 254 g/mol. The summed E-state index contributed by atoms with van der Waals surface area (Å²) in [6.45, 7) is 25.9. The highest BCUT2D eigenvalue weighted by atomic mass is 15.4. The highest BCUT2D eigenvalue weighted by Gasteiger charge is 2.65. The minimum absolute atomic E-state index is 0.215. The van der Waals surface area contributed by atoms with Gasteiger partial charge >= 0.3 is 0 Å². The summed E-state index contributed by atoms with van der Waals surface area (Å²) in [5, 5.41) is 0. The monoisotopic (exact) mass is 292 g/mol. The standard InChI is InChI=1S/C20H38N/c1-9-20(8)13-16-21(14-11-10-12-15-21)19(6,7)17(2,3)18(20,4)5/h9H,1,10-16H2,2-8H3/q+1. The second-order valence-electron chi connectivity index (χ2n) is 9.56. The highest BCUT2D eigenvalue weighted by molar-refractivity contribution is 5.12. The van der Waals surface area contributed by atoms with Crippen LogP contribution in [0.2, 0.25) is 0 Å². The molecule has 1 nitrogen and oxygen atoms in total. The first-order valence-corrected chi connectivity index (χ1v) is 8.97. The summed E-state index contributed by atoms with van der Waals surface area (Å²) in [7, 11) is 0. The van der Waals surface area contributed by atoms with Crippen LogP contribution in [0.15, 0.2) is 12.7 Å². The van der Waals surface area contributed by atoms with Crippen molar-refractivity contribution in [1.82, 2.24) is 0 Å². The molecule has 0 aromatic carbocycles. The van der Waals surface area contributed by atoms with Gasteiger partial charge in [0.25, 0.3) is 0 Å². The number of quaternary nitrogens is 1. The quantitative estimate of drug-likeness (QED) is 0.447. The molecule has 21 heavy (non-hydrogen) atoms. The van der Waals surface area contributed by atoms with E-state index in [4.69, 9.17) is 0 Å². The predicted molar refractivity (Wildman–Crippen MR) is 93.3 cm³/mol. The molecule has 0 aromatic heterocycles. The Morgan fingerprint density at radius 3 is 1.76 bits per heavy atom. The van der Waals surface area contributed by atoms with Gasteiger partial charge in [-0.1, -0.05) is 40.7 Å². The van der Waals surface area contributed by atoms with Gasteiger partial charge in [-0.05, 0) is 43.9 Å². The Kier molecular flexibility index (Phi) is 3.94. The van der Waals surface area contributed by atoms with Crippen LogP contribution < -0.4 is 0 Å². The molecule has 1 atom stereocenters. The lowest BCUT2D eigenvalue weighted by Crippen LogP contribution is -2.70. The van der Waals surface area contributed by atoms with Gasteiger partial charge in [0.05, 0.1) is 25.2 Å². The van der Waals surface area contributed by atoms with Crippen LogP contribution in [-0.2, 0) is 0 Å². The van der Waals surface area contributed by atoms with E-state index in [1.807, 2.05) is 0 Å². The molecular formula is C20H38N+. The molecule has 0 amide bonds. The molecule has 2 saturated heterocycles. The largest absolute Gasteiger partial charge is 0.319 e. The number of allylic oxidation sites excluding steroid dienone is 1. The van der Waals surface area contributed by atoms with Gasteiger partial charge in [0.2, 0.25) is 0 Å². The van der Waals surface area contributed by atoms with E-state index in [1.54, 1.807) is 0 Å². The normalized spacial score (nSPS) is 36.9. The van der Waals surface area contributed by atoms with Crippen molar-refractivity contribution in [1.29, 1.82) is 0 Å². The van der Waals surface area contributed by atoms with Gasteiger partial charge in [-0.2, -0.15) is 0 Å². The summed E-state index contributed by atoms with van der Waals surface area (Å²) in [5.41, 5.74) is 1.02. The first kappa shape index (κ1) is 17.1. The van der Waals surface area contributed by atoms with E-state index in [-0.39, 0.29) is 16.2 Å². The first-order chi connectivity index (χ1) is 9.47. The van der Waals surface area contributed by atoms with Crippen LogP contribution >= 0.6 is 0 Å². The lowest BCUT2D eigenvalue weighted by molar-refractivity contribution is -0.983. The Hall–Kier alpha value is -0.300. The van der Waals surface area contributed by atoms with Gasteiger partial charge in [0.15, 0.2) is 0 Å². The summed E-state index contributed by atoms with van der Waals surface area (Å²) in [6, 6.07) is 0. The van der Waals surface area contributed by atoms with Crippen LogP contribution in [-0.4, -0.2) is 29.7 Å². The van der Waals surface area contributed by atoms with Crippen LogP contribution in [0.3, 0.4) is 0 Å². The van der Waals surface area contributed by atoms with Crippen LogP contribution in [0, 0.1) is 16.2 Å². The van der Waals surface area contributed by atoms with Gasteiger partial charge in [-0.3, -0.25) is 0 Å². The predicted octanol–water partition coefficient (Wildman–Crippen LogP) is 5.41. The fraction of sp³-hybridized carbons (Fsp3) is 0.900. The average molecular weight is 293 g/mol. The smallest absolute Gasteiger partial charge is 0.0992 e. The van der Waals surface area contributed by atoms with Gasteiger partial charge in [-0.15, -0.1) is 6.58 Å². The fourth-order valence-corrected chi connectivity index (χ4v) is 5.37. The van der Waals surface area contributed by atoms with Crippen molar-refractivity contribution in [3.63, 3.8) is 0 Å². The molecule has 1 unspecified atom stereocenters. The van der Waals surface area contributed by atoms with E-state index in [2.05, 4.69) is 61.1 Å². The molecule has 0 aromatic rings. The molecule has 2 aliphatic heterocycles. The van der Waals surface area contributed by atoms with Crippen molar-refractivity contribution in [2.24, 2.45) is 16.2 Å². The van der Waals surface area contributed by atoms with E-state index < -0.39 is 0 Å². The summed E-state index contributed by atoms with van der Waals surface area (Å²) < 4.78 is 1.33. The summed E-state index contributed by atoms with van der Waals surface area (Å²) in [5.74, 6) is 0. The topological polar surface area (TPSA) is 0 Å². The maximum absolute atomic E-state index is 4.23. The van der Waals surface area contributed by atoms with Crippen molar-refractivity contribution < 1.29 is 4.48 Å². The maximum Gasteiger partial charge on any atom is 0.0992 e. The Morgan fingerprint density at radius 2 is 1.29 bits per heavy atom. The SMILES string of the molecule is C=CC1(C)CC[N+]2(CCCCC2)C(C)(C)C(C)(C)C1(C)C. The zero-order valence-corrected chi connectivity index (χ0v) is 15.7. The lowest BCUT2D eigenvalue weighted by atomic mass is 9.49. The van der Waals surface area contributed by atoms with E-state index >= 15 is 0 Å². The van der Waals surface area contributed by atoms with Crippen LogP contribution in [0.25, 0.3) is 0 Å². The average Bonchev–Trinajstić information content (AvgIpc) is 2.46. The molecule has 2 fully saturated rings. The molecule has 0 bridgehead atoms. The molecule has 1 heteroatoms. The Labute approximate surface area is 133 Å². The molecule has 0 saturated carbocycles. The van der Waals surface area contributed by atoms with Gasteiger partial charge in [-0.25, -0.2) is 0 Å². The Balaban J connectivity index is 2.60. The third kappa shape index (κ3) is 1.99. The zero-order valence-electron chi connectivity index (χ0n) is 15.7. The second kappa shape index (κ2) is 4.85. The van der Waals surface area contributed by atoms with Crippen molar-refractivity contribution in [3.8, 4) is 0 Å². The lowest BCUT2D eigenvalue weighted by Gasteiger charge is -2.61. The van der Waals surface area contributed by atoms with E-state index in [1.165, 1.54) is 49.8 Å². The summed E-state index contributed by atoms with van der Waals surface area (Å²) in [6.07, 6.45) is 7.78. The Bertz CT molecular complexity index is 410. The molecule has 0 aliphatic carbocycles. The number of nitrogens with zero attached hydrogens (tertiary/aromatic N) is 1. The van der Waals surface area contributed by atoms with Crippen LogP contribution in [0.4, 0.5) is 0 Å². The third-order valence-corrected chi connectivity index (χ3v) is 8.89. The molecule has 0 N–H and O–H groups in total. The molecule has 122 valence electrons. The minimum Gasteiger partial charge on any atom is -0.319 e. The molecule has 0 radical (unpaired) electrons. The summed E-state index contributed by atoms with van der Waals surface area (Å²) in [4.78, 5) is 0. The fourth-order valence-electron chi connectivity index (χ4n) is 5.37. The summed E-state index contributed by atoms with van der Waals surface area (Å²) >= 11 is 0. The molecule has 2 rings (SSSR count). The van der Waals surface area contributed by atoms with Gasteiger partial charge < -0.3 is 4.48 Å². The number of hydrogen-bond donors (Lipinski definition) is 0. The van der Waals surface area contributed by atoms with Crippen LogP contribution in [0.1, 0.15) is 74.1 Å². The van der Waals surface area contributed by atoms with Crippen molar-refractivity contribution in [2.75, 3.05) is 19.6 Å². The molecule has 2 heterocycles. The van der Waals surface area contributed by atoms with Crippen LogP contribution in [0.5, 0.6) is 0 Å². The maximum atomic E-state index is 4.23. The zero-order chi connectivity index (χ0) is 16.2. The second-order valence-corrected chi connectivity index (χ2v) is 9.56. The van der Waals surface area contributed by atoms with Gasteiger partial charge in [0, 0.05) is 11.8 Å². The van der Waals surface area contributed by atoms with E-state index in [0.29, 0.717) is 5.54 Å². The Morgan fingerprint density at radius 1 is 0.762 bits per heavy atom. The van der Waals surface area contributed by atoms with E-state index in [0.717, 1.165) is 0 Å². The van der Waals surface area contributed by atoms with Crippen molar-refractivity contribution in [2.45, 2.75) is 79.7 Å². The molecule has 1 spiro atoms. The third-order valence-electron chi connectivity index (χ3n) is 8.89. The van der Waals surface area contributed by atoms with E-state index in [9.17, 15) is 0 Å². The first-order valence-electron chi connectivity index (χ1n) is 8.97. The number of piperidine rings is 1. The highest BCUT2D eigenvalue weighted by Crippen LogP contribution is 2.63. The minimum atomic E-state index is 0.215. The van der Waals surface area contributed by atoms with Crippen molar-refractivity contribution in [3.05, 3.63) is 12.7 Å². The van der Waals surface area contributed by atoms with Gasteiger partial charge in [0.1, 0.15) is 0 Å². The number of hydrogen-bond acceptors (Lipinski definition) is 0. The van der Waals surface area contributed by atoms with Crippen molar-refractivity contribution >= 4 is 0 Å². The molecule has 2 aliphatic rings. The number of rotatable bonds is 1.